The van der Waals surface area contributed by atoms with Crippen LogP contribution in [0, 0.1) is 0 Å². The molecule has 0 spiro atoms. The molecule has 0 saturated carbocycles. The van der Waals surface area contributed by atoms with Crippen LogP contribution >= 0.6 is 0 Å². The van der Waals surface area contributed by atoms with Crippen molar-refractivity contribution in [2.24, 2.45) is 0 Å². The molecule has 1 aromatic rings. The number of carbonyl (C=O) groups excluding carboxylic acids is 2. The van der Waals surface area contributed by atoms with E-state index in [2.05, 4.69) is 12.2 Å². The number of amides is 2. The van der Waals surface area contributed by atoms with E-state index >= 15 is 0 Å². The molecule has 0 saturated heterocycles. The van der Waals surface area contributed by atoms with Gasteiger partial charge < -0.3 is 0 Å². The average molecular weight is 259 g/mol. The lowest BCUT2D eigenvalue weighted by Gasteiger charge is -2.03. The zero-order valence-electron chi connectivity index (χ0n) is 11.5. The summed E-state index contributed by atoms with van der Waals surface area (Å²) in [6.45, 7) is 2.22. The highest BCUT2D eigenvalue weighted by atomic mass is 16.2. The van der Waals surface area contributed by atoms with Gasteiger partial charge >= 0.3 is 0 Å². The van der Waals surface area contributed by atoms with Crippen molar-refractivity contribution in [2.45, 2.75) is 51.9 Å². The van der Waals surface area contributed by atoms with Crippen molar-refractivity contribution in [3.05, 3.63) is 34.9 Å². The van der Waals surface area contributed by atoms with Crippen LogP contribution in [-0.2, 0) is 6.42 Å². The van der Waals surface area contributed by atoms with Crippen LogP contribution in [0.5, 0.6) is 0 Å². The van der Waals surface area contributed by atoms with Gasteiger partial charge in [0, 0.05) is 0 Å². The number of hydrogen-bond acceptors (Lipinski definition) is 2. The van der Waals surface area contributed by atoms with Crippen LogP contribution < -0.4 is 5.32 Å². The zero-order valence-corrected chi connectivity index (χ0v) is 11.5. The van der Waals surface area contributed by atoms with Gasteiger partial charge in [0.25, 0.3) is 11.8 Å². The third kappa shape index (κ3) is 3.43. The number of fused-ring (bicyclic) bond motifs is 1. The summed E-state index contributed by atoms with van der Waals surface area (Å²) in [7, 11) is 0. The second-order valence-corrected chi connectivity index (χ2v) is 5.18. The Morgan fingerprint density at radius 3 is 2.37 bits per heavy atom. The van der Waals surface area contributed by atoms with Crippen molar-refractivity contribution in [1.29, 1.82) is 0 Å². The monoisotopic (exact) mass is 259 g/mol. The van der Waals surface area contributed by atoms with E-state index in [0.29, 0.717) is 11.1 Å². The van der Waals surface area contributed by atoms with Gasteiger partial charge in [-0.05, 0) is 30.5 Å². The Bertz CT molecular complexity index is 480. The lowest BCUT2D eigenvalue weighted by atomic mass is 10.0. The smallest absolute Gasteiger partial charge is 0.258 e. The molecule has 0 aliphatic carbocycles. The number of rotatable bonds is 7. The highest BCUT2D eigenvalue weighted by Gasteiger charge is 2.26. The number of aryl methyl sites for hydroxylation is 1. The van der Waals surface area contributed by atoms with Gasteiger partial charge in [-0.3, -0.25) is 14.9 Å². The molecule has 0 radical (unpaired) electrons. The molecule has 0 bridgehead atoms. The Balaban J connectivity index is 1.84. The minimum atomic E-state index is -0.272. The molecular formula is C16H21NO2. The van der Waals surface area contributed by atoms with E-state index in [1.807, 2.05) is 12.1 Å². The first-order valence-electron chi connectivity index (χ1n) is 7.21. The molecule has 2 rings (SSSR count). The Kier molecular flexibility index (Phi) is 4.72. The van der Waals surface area contributed by atoms with E-state index in [1.165, 1.54) is 32.1 Å². The second kappa shape index (κ2) is 6.50. The van der Waals surface area contributed by atoms with Crippen molar-refractivity contribution < 1.29 is 9.59 Å². The van der Waals surface area contributed by atoms with Crippen LogP contribution in [0.3, 0.4) is 0 Å². The maximum Gasteiger partial charge on any atom is 0.258 e. The third-order valence-electron chi connectivity index (χ3n) is 3.62. The minimum absolute atomic E-state index is 0.259. The predicted molar refractivity (Wildman–Crippen MR) is 75.3 cm³/mol. The fourth-order valence-corrected chi connectivity index (χ4v) is 2.48. The molecule has 1 aromatic carbocycles. The van der Waals surface area contributed by atoms with Crippen LogP contribution in [0.4, 0.5) is 0 Å². The topological polar surface area (TPSA) is 46.2 Å². The lowest BCUT2D eigenvalue weighted by Crippen LogP contribution is -2.19. The zero-order chi connectivity index (χ0) is 13.7. The Morgan fingerprint density at radius 1 is 0.895 bits per heavy atom. The van der Waals surface area contributed by atoms with Crippen molar-refractivity contribution in [1.82, 2.24) is 5.32 Å². The minimum Gasteiger partial charge on any atom is -0.288 e. The molecule has 102 valence electrons. The van der Waals surface area contributed by atoms with Gasteiger partial charge in [-0.1, -0.05) is 45.1 Å². The highest BCUT2D eigenvalue weighted by Crippen LogP contribution is 2.19. The molecule has 0 atom stereocenters. The fraction of sp³-hybridized carbons (Fsp3) is 0.500. The summed E-state index contributed by atoms with van der Waals surface area (Å²) in [5, 5.41) is 2.32. The van der Waals surface area contributed by atoms with Gasteiger partial charge in [-0.2, -0.15) is 0 Å². The summed E-state index contributed by atoms with van der Waals surface area (Å²) in [5.74, 6) is -0.532. The SMILES string of the molecule is CCCCCCCCc1ccc2c(c1)C(=O)NC2=O. The van der Waals surface area contributed by atoms with Gasteiger partial charge in [-0.15, -0.1) is 0 Å². The fourth-order valence-electron chi connectivity index (χ4n) is 2.48. The summed E-state index contributed by atoms with van der Waals surface area (Å²) < 4.78 is 0. The van der Waals surface area contributed by atoms with Gasteiger partial charge in [0.15, 0.2) is 0 Å². The van der Waals surface area contributed by atoms with Gasteiger partial charge in [-0.25, -0.2) is 0 Å². The van der Waals surface area contributed by atoms with E-state index in [1.54, 1.807) is 6.07 Å². The van der Waals surface area contributed by atoms with Crippen LogP contribution in [0.1, 0.15) is 71.7 Å². The molecule has 3 heteroatoms. The first kappa shape index (κ1) is 13.8. The van der Waals surface area contributed by atoms with Crippen LogP contribution in [0.25, 0.3) is 0 Å². The van der Waals surface area contributed by atoms with Gasteiger partial charge in [0.05, 0.1) is 11.1 Å². The van der Waals surface area contributed by atoms with Crippen molar-refractivity contribution in [3.63, 3.8) is 0 Å². The molecule has 3 nitrogen and oxygen atoms in total. The maximum absolute atomic E-state index is 11.5. The molecular weight excluding hydrogens is 238 g/mol. The van der Waals surface area contributed by atoms with Crippen LogP contribution in [0.2, 0.25) is 0 Å². The first-order valence-corrected chi connectivity index (χ1v) is 7.21. The van der Waals surface area contributed by atoms with Crippen molar-refractivity contribution >= 4 is 11.8 Å². The van der Waals surface area contributed by atoms with Crippen molar-refractivity contribution in [2.75, 3.05) is 0 Å². The van der Waals surface area contributed by atoms with E-state index in [-0.39, 0.29) is 11.8 Å². The Labute approximate surface area is 114 Å². The normalized spacial score (nSPS) is 13.5. The Morgan fingerprint density at radius 2 is 1.58 bits per heavy atom. The Hall–Kier alpha value is -1.64. The van der Waals surface area contributed by atoms with E-state index in [0.717, 1.165) is 18.4 Å². The number of benzene rings is 1. The molecule has 0 aromatic heterocycles. The lowest BCUT2D eigenvalue weighted by molar-refractivity contribution is 0.0879. The summed E-state index contributed by atoms with van der Waals surface area (Å²) >= 11 is 0. The summed E-state index contributed by atoms with van der Waals surface area (Å²) in [6, 6.07) is 5.59. The average Bonchev–Trinajstić information content (AvgIpc) is 2.69. The van der Waals surface area contributed by atoms with E-state index in [9.17, 15) is 9.59 Å². The van der Waals surface area contributed by atoms with Gasteiger partial charge in [0.1, 0.15) is 0 Å². The molecule has 1 heterocycles. The van der Waals surface area contributed by atoms with Gasteiger partial charge in [0.2, 0.25) is 0 Å². The number of carbonyl (C=O) groups is 2. The number of unbranched alkanes of at least 4 members (excludes halogenated alkanes) is 5. The quantitative estimate of drug-likeness (QED) is 0.602. The van der Waals surface area contributed by atoms with Crippen LogP contribution in [-0.4, -0.2) is 11.8 Å². The summed E-state index contributed by atoms with van der Waals surface area (Å²) in [4.78, 5) is 23.0. The first-order chi connectivity index (χ1) is 9.22. The molecule has 1 N–H and O–H groups in total. The van der Waals surface area contributed by atoms with Crippen molar-refractivity contribution in [3.8, 4) is 0 Å². The molecule has 19 heavy (non-hydrogen) atoms. The van der Waals surface area contributed by atoms with E-state index < -0.39 is 0 Å². The summed E-state index contributed by atoms with van der Waals surface area (Å²) in [6.07, 6.45) is 8.57. The largest absolute Gasteiger partial charge is 0.288 e. The number of nitrogens with one attached hydrogen (secondary N) is 1. The molecule has 2 amide bonds. The third-order valence-corrected chi connectivity index (χ3v) is 3.62. The highest BCUT2D eigenvalue weighted by molar-refractivity contribution is 6.21. The van der Waals surface area contributed by atoms with Crippen LogP contribution in [0.15, 0.2) is 18.2 Å². The molecule has 1 aliphatic rings. The molecule has 1 aliphatic heterocycles. The summed E-state index contributed by atoms with van der Waals surface area (Å²) in [5.41, 5.74) is 2.20. The second-order valence-electron chi connectivity index (χ2n) is 5.18. The molecule has 0 unspecified atom stereocenters. The molecule has 0 fully saturated rings. The van der Waals surface area contributed by atoms with E-state index in [4.69, 9.17) is 0 Å². The number of imide groups is 1. The standard InChI is InChI=1S/C16H21NO2/c1-2-3-4-5-6-7-8-12-9-10-13-14(11-12)16(19)17-15(13)18/h9-11H,2-8H2,1H3,(H,17,18,19). The predicted octanol–water partition coefficient (Wildman–Crippen LogP) is 3.47. The number of hydrogen-bond donors (Lipinski definition) is 1. The maximum atomic E-state index is 11.5.